The number of rotatable bonds is 6. The number of aromatic carboxylic acids is 1. The van der Waals surface area contributed by atoms with Crippen molar-refractivity contribution in [3.05, 3.63) is 54.1 Å². The van der Waals surface area contributed by atoms with Gasteiger partial charge < -0.3 is 15.5 Å². The van der Waals surface area contributed by atoms with Crippen LogP contribution in [0.25, 0.3) is 11.1 Å². The van der Waals surface area contributed by atoms with E-state index in [1.807, 2.05) is 30.3 Å². The minimum atomic E-state index is -0.946. The lowest BCUT2D eigenvalue weighted by molar-refractivity contribution is 0.0697. The van der Waals surface area contributed by atoms with Crippen molar-refractivity contribution >= 4 is 23.3 Å². The summed E-state index contributed by atoms with van der Waals surface area (Å²) in [5.41, 5.74) is 2.63. The van der Waals surface area contributed by atoms with Gasteiger partial charge in [-0.05, 0) is 29.3 Å². The largest absolute Gasteiger partial charge is 0.478 e. The highest BCUT2D eigenvalue weighted by molar-refractivity contribution is 6.18. The smallest absolute Gasteiger partial charge is 0.336 e. The van der Waals surface area contributed by atoms with Gasteiger partial charge in [0.05, 0.1) is 17.5 Å². The Morgan fingerprint density at radius 2 is 1.81 bits per heavy atom. The number of alkyl halides is 1. The van der Waals surface area contributed by atoms with Gasteiger partial charge in [0.1, 0.15) is 0 Å². The van der Waals surface area contributed by atoms with Gasteiger partial charge in [-0.2, -0.15) is 0 Å². The first-order valence-electron chi connectivity index (χ1n) is 6.52. The average Bonchev–Trinajstić information content (AvgIpc) is 2.53. The normalized spacial score (nSPS) is 11.9. The fourth-order valence-electron chi connectivity index (χ4n) is 1.98. The molecule has 0 saturated carbocycles. The number of hydrogen-bond donors (Lipinski definition) is 3. The standard InChI is InChI=1S/C16H16ClNO3/c17-9-13(19)10-18-12-7-5-11(6-8-12)14-3-1-2-4-15(14)16(20)21/h1-8,13,18-19H,9-10H2,(H,20,21). The zero-order valence-corrected chi connectivity index (χ0v) is 12.0. The van der Waals surface area contributed by atoms with Crippen molar-refractivity contribution in [3.63, 3.8) is 0 Å². The van der Waals surface area contributed by atoms with Gasteiger partial charge in [-0.1, -0.05) is 30.3 Å². The van der Waals surface area contributed by atoms with E-state index in [4.69, 9.17) is 11.6 Å². The van der Waals surface area contributed by atoms with Crippen molar-refractivity contribution in [2.24, 2.45) is 0 Å². The average molecular weight is 306 g/mol. The molecule has 0 aliphatic carbocycles. The summed E-state index contributed by atoms with van der Waals surface area (Å²) in [7, 11) is 0. The molecule has 2 rings (SSSR count). The van der Waals surface area contributed by atoms with Crippen molar-refractivity contribution in [2.45, 2.75) is 6.10 Å². The number of anilines is 1. The molecule has 0 radical (unpaired) electrons. The number of benzene rings is 2. The third-order valence-corrected chi connectivity index (χ3v) is 3.43. The SMILES string of the molecule is O=C(O)c1ccccc1-c1ccc(NCC(O)CCl)cc1. The maximum atomic E-state index is 11.2. The van der Waals surface area contributed by atoms with Crippen LogP contribution in [0.4, 0.5) is 5.69 Å². The molecule has 2 aromatic carbocycles. The van der Waals surface area contributed by atoms with Crippen LogP contribution in [0.15, 0.2) is 48.5 Å². The second-order valence-corrected chi connectivity index (χ2v) is 4.93. The summed E-state index contributed by atoms with van der Waals surface area (Å²) in [4.78, 5) is 11.2. The third-order valence-electron chi connectivity index (χ3n) is 3.07. The first-order valence-corrected chi connectivity index (χ1v) is 7.06. The number of carbonyl (C=O) groups is 1. The van der Waals surface area contributed by atoms with Gasteiger partial charge >= 0.3 is 5.97 Å². The van der Waals surface area contributed by atoms with Gasteiger partial charge in [0.25, 0.3) is 0 Å². The molecule has 4 nitrogen and oxygen atoms in total. The van der Waals surface area contributed by atoms with Gasteiger partial charge in [0, 0.05) is 12.2 Å². The highest BCUT2D eigenvalue weighted by Crippen LogP contribution is 2.25. The second-order valence-electron chi connectivity index (χ2n) is 4.62. The molecule has 1 unspecified atom stereocenters. The van der Waals surface area contributed by atoms with E-state index in [9.17, 15) is 15.0 Å². The number of nitrogens with one attached hydrogen (secondary N) is 1. The molecular weight excluding hydrogens is 290 g/mol. The second kappa shape index (κ2) is 7.11. The molecule has 2 aromatic rings. The van der Waals surface area contributed by atoms with Gasteiger partial charge in [-0.3, -0.25) is 0 Å². The Labute approximate surface area is 128 Å². The summed E-state index contributed by atoms with van der Waals surface area (Å²) in [5.74, 6) is -0.769. The van der Waals surface area contributed by atoms with E-state index in [1.54, 1.807) is 18.2 Å². The summed E-state index contributed by atoms with van der Waals surface area (Å²) in [6, 6.07) is 14.3. The van der Waals surface area contributed by atoms with E-state index in [0.717, 1.165) is 11.3 Å². The summed E-state index contributed by atoms with van der Waals surface area (Å²) in [6.45, 7) is 0.370. The van der Waals surface area contributed by atoms with Crippen molar-refractivity contribution in [3.8, 4) is 11.1 Å². The molecule has 0 bridgehead atoms. The first kappa shape index (κ1) is 15.4. The summed E-state index contributed by atoms with van der Waals surface area (Å²) >= 11 is 5.52. The van der Waals surface area contributed by atoms with E-state index in [2.05, 4.69) is 5.32 Å². The highest BCUT2D eigenvalue weighted by atomic mass is 35.5. The van der Waals surface area contributed by atoms with E-state index >= 15 is 0 Å². The fourth-order valence-corrected chi connectivity index (χ4v) is 2.09. The van der Waals surface area contributed by atoms with Crippen LogP contribution in [0.1, 0.15) is 10.4 Å². The summed E-state index contributed by atoms with van der Waals surface area (Å²) < 4.78 is 0. The highest BCUT2D eigenvalue weighted by Gasteiger charge is 2.10. The van der Waals surface area contributed by atoms with Crippen LogP contribution in [-0.2, 0) is 0 Å². The van der Waals surface area contributed by atoms with Crippen LogP contribution < -0.4 is 5.32 Å². The Morgan fingerprint density at radius 1 is 1.14 bits per heavy atom. The number of hydrogen-bond acceptors (Lipinski definition) is 3. The molecule has 5 heteroatoms. The number of carboxylic acids is 1. The Hall–Kier alpha value is -2.04. The van der Waals surface area contributed by atoms with Crippen LogP contribution in [0.2, 0.25) is 0 Å². The van der Waals surface area contributed by atoms with Gasteiger partial charge in [-0.25, -0.2) is 4.79 Å². The quantitative estimate of drug-likeness (QED) is 0.717. The van der Waals surface area contributed by atoms with E-state index < -0.39 is 12.1 Å². The molecule has 0 amide bonds. The third kappa shape index (κ3) is 3.97. The van der Waals surface area contributed by atoms with Crippen LogP contribution in [0.3, 0.4) is 0 Å². The van der Waals surface area contributed by atoms with E-state index in [0.29, 0.717) is 12.1 Å². The van der Waals surface area contributed by atoms with Crippen molar-refractivity contribution in [2.75, 3.05) is 17.7 Å². The van der Waals surface area contributed by atoms with Crippen LogP contribution in [0, 0.1) is 0 Å². The first-order chi connectivity index (χ1) is 10.1. The Balaban J connectivity index is 2.18. The van der Waals surface area contributed by atoms with Gasteiger partial charge in [0.2, 0.25) is 0 Å². The topological polar surface area (TPSA) is 69.6 Å². The molecule has 0 saturated heterocycles. The predicted octanol–water partition coefficient (Wildman–Crippen LogP) is 3.06. The predicted molar refractivity (Wildman–Crippen MR) is 84.1 cm³/mol. The van der Waals surface area contributed by atoms with Crippen molar-refractivity contribution in [1.29, 1.82) is 0 Å². The summed E-state index contributed by atoms with van der Waals surface area (Å²) in [6.07, 6.45) is -0.598. The lowest BCUT2D eigenvalue weighted by Gasteiger charge is -2.11. The fraction of sp³-hybridized carbons (Fsp3) is 0.188. The number of aliphatic hydroxyl groups excluding tert-OH is 1. The molecule has 0 fully saturated rings. The van der Waals surface area contributed by atoms with Gasteiger partial charge in [-0.15, -0.1) is 11.6 Å². The van der Waals surface area contributed by atoms with Crippen LogP contribution in [-0.4, -0.2) is 34.7 Å². The molecule has 0 aromatic heterocycles. The Kier molecular flexibility index (Phi) is 5.20. The zero-order valence-electron chi connectivity index (χ0n) is 11.3. The van der Waals surface area contributed by atoms with Crippen molar-refractivity contribution < 1.29 is 15.0 Å². The van der Waals surface area contributed by atoms with Crippen molar-refractivity contribution in [1.82, 2.24) is 0 Å². The zero-order chi connectivity index (χ0) is 15.2. The molecule has 0 spiro atoms. The molecule has 0 aliphatic rings. The Morgan fingerprint density at radius 3 is 2.43 bits per heavy atom. The van der Waals surface area contributed by atoms with E-state index in [-0.39, 0.29) is 11.4 Å². The lowest BCUT2D eigenvalue weighted by atomic mass is 9.99. The van der Waals surface area contributed by atoms with Crippen LogP contribution in [0.5, 0.6) is 0 Å². The van der Waals surface area contributed by atoms with E-state index in [1.165, 1.54) is 0 Å². The monoisotopic (exact) mass is 305 g/mol. The molecule has 110 valence electrons. The molecule has 21 heavy (non-hydrogen) atoms. The number of halogens is 1. The summed E-state index contributed by atoms with van der Waals surface area (Å²) in [5, 5.41) is 21.7. The van der Waals surface area contributed by atoms with Crippen LogP contribution >= 0.6 is 11.6 Å². The maximum absolute atomic E-state index is 11.2. The molecule has 0 aliphatic heterocycles. The Bertz CT molecular complexity index is 613. The molecule has 0 heterocycles. The molecule has 3 N–H and O–H groups in total. The lowest BCUT2D eigenvalue weighted by Crippen LogP contribution is -2.20. The number of aliphatic hydroxyl groups is 1. The molecule has 1 atom stereocenters. The number of carboxylic acid groups (broad SMARTS) is 1. The molecular formula is C16H16ClNO3. The van der Waals surface area contributed by atoms with Gasteiger partial charge in [0.15, 0.2) is 0 Å². The maximum Gasteiger partial charge on any atom is 0.336 e. The minimum absolute atomic E-state index is 0.178. The minimum Gasteiger partial charge on any atom is -0.478 e.